The van der Waals surface area contributed by atoms with Gasteiger partial charge < -0.3 is 14.2 Å². The number of fused-ring (bicyclic) bond motifs is 1. The summed E-state index contributed by atoms with van der Waals surface area (Å²) in [6.07, 6.45) is 10.3. The van der Waals surface area contributed by atoms with Gasteiger partial charge in [-0.15, -0.1) is 0 Å². The molecule has 0 radical (unpaired) electrons. The predicted molar refractivity (Wildman–Crippen MR) is 149 cm³/mol. The van der Waals surface area contributed by atoms with E-state index in [1.807, 2.05) is 33.9 Å². The second-order valence-corrected chi connectivity index (χ2v) is 16.9. The van der Waals surface area contributed by atoms with Gasteiger partial charge in [-0.05, 0) is 24.6 Å². The van der Waals surface area contributed by atoms with Gasteiger partial charge in [0, 0.05) is 63.2 Å². The van der Waals surface area contributed by atoms with E-state index >= 15 is 0 Å². The smallest absolute Gasteiger partial charge is 0.226 e. The number of aromatic nitrogens is 7. The third-order valence-electron chi connectivity index (χ3n) is 6.96. The van der Waals surface area contributed by atoms with Crippen LogP contribution >= 0.6 is 11.6 Å². The fourth-order valence-electron chi connectivity index (χ4n) is 4.85. The minimum absolute atomic E-state index is 0.0698. The van der Waals surface area contributed by atoms with Gasteiger partial charge >= 0.3 is 0 Å². The maximum Gasteiger partial charge on any atom is 0.226 e. The molecule has 10 nitrogen and oxygen atoms in total. The molecule has 0 amide bonds. The van der Waals surface area contributed by atoms with Crippen LogP contribution in [0.5, 0.6) is 0 Å². The van der Waals surface area contributed by atoms with Crippen molar-refractivity contribution >= 4 is 36.7 Å². The topological polar surface area (TPSA) is 111 Å². The zero-order valence-corrected chi connectivity index (χ0v) is 23.7. The zero-order chi connectivity index (χ0) is 26.7. The lowest BCUT2D eigenvalue weighted by Crippen LogP contribution is -2.26. The van der Waals surface area contributed by atoms with E-state index in [4.69, 9.17) is 16.3 Å². The summed E-state index contributed by atoms with van der Waals surface area (Å²) in [4.78, 5) is 19.9. The molecule has 2 atom stereocenters. The number of rotatable bonds is 10. The van der Waals surface area contributed by atoms with E-state index in [-0.39, 0.29) is 12.0 Å². The Hall–Kier alpha value is -3.33. The Labute approximate surface area is 228 Å². The van der Waals surface area contributed by atoms with Gasteiger partial charge in [-0.2, -0.15) is 10.4 Å². The van der Waals surface area contributed by atoms with Crippen LogP contribution in [-0.4, -0.2) is 62.1 Å². The van der Waals surface area contributed by atoms with Crippen LogP contribution in [0.3, 0.4) is 0 Å². The first kappa shape index (κ1) is 26.3. The third-order valence-corrected chi connectivity index (χ3v) is 8.87. The Morgan fingerprint density at radius 2 is 2.11 bits per heavy atom. The van der Waals surface area contributed by atoms with Gasteiger partial charge in [-0.3, -0.25) is 4.68 Å². The van der Waals surface area contributed by atoms with Crippen LogP contribution in [0.2, 0.25) is 30.8 Å². The summed E-state index contributed by atoms with van der Waals surface area (Å²) in [5.41, 5.74) is 2.54. The largest absolute Gasteiger partial charge is 0.361 e. The van der Waals surface area contributed by atoms with Crippen molar-refractivity contribution in [1.29, 1.82) is 5.26 Å². The maximum absolute atomic E-state index is 9.60. The summed E-state index contributed by atoms with van der Waals surface area (Å²) in [5.74, 6) is 0.846. The Balaban J connectivity index is 1.33. The van der Waals surface area contributed by atoms with Crippen LogP contribution in [0.25, 0.3) is 22.3 Å². The van der Waals surface area contributed by atoms with Crippen molar-refractivity contribution in [3.63, 3.8) is 0 Å². The van der Waals surface area contributed by atoms with E-state index in [0.717, 1.165) is 54.5 Å². The first-order valence-electron chi connectivity index (χ1n) is 12.8. The summed E-state index contributed by atoms with van der Waals surface area (Å²) in [6.45, 7) is 9.79. The highest BCUT2D eigenvalue weighted by Crippen LogP contribution is 2.33. The molecule has 1 aliphatic heterocycles. The number of hydrogen-bond donors (Lipinski definition) is 0. The Kier molecular flexibility index (Phi) is 7.74. The van der Waals surface area contributed by atoms with Crippen molar-refractivity contribution in [2.75, 3.05) is 24.6 Å². The lowest BCUT2D eigenvalue weighted by molar-refractivity contribution is 0.0899. The van der Waals surface area contributed by atoms with Gasteiger partial charge in [-0.25, -0.2) is 19.9 Å². The summed E-state index contributed by atoms with van der Waals surface area (Å²) in [6, 6.07) is 7.10. The average Bonchev–Trinajstić information content (AvgIpc) is 3.65. The lowest BCUT2D eigenvalue weighted by Gasteiger charge is -2.22. The van der Waals surface area contributed by atoms with Gasteiger partial charge in [0.2, 0.25) is 5.95 Å². The molecule has 4 aromatic heterocycles. The second kappa shape index (κ2) is 11.2. The van der Waals surface area contributed by atoms with E-state index < -0.39 is 8.07 Å². The maximum atomic E-state index is 9.60. The van der Waals surface area contributed by atoms with Crippen LogP contribution in [0.15, 0.2) is 43.2 Å². The van der Waals surface area contributed by atoms with E-state index in [2.05, 4.69) is 55.6 Å². The molecule has 38 heavy (non-hydrogen) atoms. The lowest BCUT2D eigenvalue weighted by atomic mass is 9.96. The van der Waals surface area contributed by atoms with Gasteiger partial charge in [-0.1, -0.05) is 31.2 Å². The second-order valence-electron chi connectivity index (χ2n) is 10.9. The molecular formula is C26H32ClN9OSi. The van der Waals surface area contributed by atoms with Gasteiger partial charge in [0.15, 0.2) is 0 Å². The fraction of sp³-hybridized carbons (Fsp3) is 0.462. The number of hydrogen-bond acceptors (Lipinski definition) is 8. The quantitative estimate of drug-likeness (QED) is 0.154. The first-order valence-corrected chi connectivity index (χ1v) is 16.9. The molecule has 0 bridgehead atoms. The highest BCUT2D eigenvalue weighted by Gasteiger charge is 2.32. The predicted octanol–water partition coefficient (Wildman–Crippen LogP) is 5.03. The molecule has 4 aromatic rings. The molecule has 5 heterocycles. The van der Waals surface area contributed by atoms with Crippen LogP contribution in [0.4, 0.5) is 5.95 Å². The SMILES string of the molecule is C[Si](C)(C)CCOCn1ccc2c(-c3cnn(C(CC#N)C4CCN(c5nccc(Cl)n5)C4)c3)ncnc21. The highest BCUT2D eigenvalue weighted by molar-refractivity contribution is 6.76. The normalized spacial score (nSPS) is 16.7. The standard InChI is InChI=1S/C26H32ClN9OSi/c1-38(2,3)13-12-37-18-35-11-7-21-24(30-17-31-25(21)35)20-14-32-36(16-20)22(4-8-28)19-6-10-34(15-19)26-29-9-5-23(27)33-26/h5,7,9,11,14,16-17,19,22H,4,6,10,12-13,15,18H2,1-3H3. The van der Waals surface area contributed by atoms with Crippen molar-refractivity contribution in [2.24, 2.45) is 5.92 Å². The van der Waals surface area contributed by atoms with E-state index in [1.165, 1.54) is 0 Å². The molecule has 1 aliphatic rings. The van der Waals surface area contributed by atoms with Crippen LogP contribution < -0.4 is 4.90 Å². The van der Waals surface area contributed by atoms with Crippen molar-refractivity contribution < 1.29 is 4.74 Å². The molecule has 1 fully saturated rings. The number of halogens is 1. The molecule has 0 aliphatic carbocycles. The van der Waals surface area contributed by atoms with Crippen molar-refractivity contribution in [2.45, 2.75) is 51.3 Å². The highest BCUT2D eigenvalue weighted by atomic mass is 35.5. The first-order chi connectivity index (χ1) is 18.3. The number of anilines is 1. The zero-order valence-electron chi connectivity index (χ0n) is 22.0. The van der Waals surface area contributed by atoms with Crippen molar-refractivity contribution in [3.05, 3.63) is 48.4 Å². The van der Waals surface area contributed by atoms with Crippen molar-refractivity contribution in [3.8, 4) is 17.3 Å². The monoisotopic (exact) mass is 549 g/mol. The van der Waals surface area contributed by atoms with Gasteiger partial charge in [0.25, 0.3) is 0 Å². The molecule has 0 spiro atoms. The summed E-state index contributed by atoms with van der Waals surface area (Å²) >= 11 is 6.07. The van der Waals surface area contributed by atoms with Crippen molar-refractivity contribution in [1.82, 2.24) is 34.3 Å². The minimum atomic E-state index is -1.14. The summed E-state index contributed by atoms with van der Waals surface area (Å²) < 4.78 is 9.87. The molecule has 2 unspecified atom stereocenters. The number of ether oxygens (including phenoxy) is 1. The molecule has 0 saturated carbocycles. The summed E-state index contributed by atoms with van der Waals surface area (Å²) in [5, 5.41) is 15.6. The third kappa shape index (κ3) is 5.88. The van der Waals surface area contributed by atoms with E-state index in [9.17, 15) is 5.26 Å². The fourth-order valence-corrected chi connectivity index (χ4v) is 5.74. The van der Waals surface area contributed by atoms with Gasteiger partial charge in [0.1, 0.15) is 23.9 Å². The molecule has 198 valence electrons. The number of nitrogens with zero attached hydrogens (tertiary/aromatic N) is 9. The molecule has 0 N–H and O–H groups in total. The van der Waals surface area contributed by atoms with Gasteiger partial charge in [0.05, 0.1) is 30.4 Å². The molecule has 5 rings (SSSR count). The molecule has 12 heteroatoms. The Morgan fingerprint density at radius 1 is 1.24 bits per heavy atom. The minimum Gasteiger partial charge on any atom is -0.361 e. The van der Waals surface area contributed by atoms with Crippen LogP contribution in [0.1, 0.15) is 18.9 Å². The van der Waals surface area contributed by atoms with E-state index in [0.29, 0.717) is 24.3 Å². The van der Waals surface area contributed by atoms with E-state index in [1.54, 1.807) is 18.6 Å². The van der Waals surface area contributed by atoms with Crippen LogP contribution in [0, 0.1) is 17.2 Å². The molecule has 1 saturated heterocycles. The van der Waals surface area contributed by atoms with Crippen LogP contribution in [-0.2, 0) is 11.5 Å². The Morgan fingerprint density at radius 3 is 2.89 bits per heavy atom. The Bertz CT molecular complexity index is 1440. The molecule has 0 aromatic carbocycles. The average molecular weight is 550 g/mol. The summed E-state index contributed by atoms with van der Waals surface area (Å²) in [7, 11) is -1.14. The molecular weight excluding hydrogens is 518 g/mol. The number of nitriles is 1.